The first-order chi connectivity index (χ1) is 10.3. The van der Waals surface area contributed by atoms with E-state index in [9.17, 15) is 0 Å². The van der Waals surface area contributed by atoms with Gasteiger partial charge in [0.2, 0.25) is 0 Å². The quantitative estimate of drug-likeness (QED) is 0.300. The highest BCUT2D eigenvalue weighted by Crippen LogP contribution is 2.19. The minimum absolute atomic E-state index is 0. The molecule has 0 aromatic rings. The Balaban J connectivity index is 0.00000242. The van der Waals surface area contributed by atoms with Crippen molar-refractivity contribution in [3.8, 4) is 0 Å². The van der Waals surface area contributed by atoms with Crippen molar-refractivity contribution < 1.29 is 0 Å². The summed E-state index contributed by atoms with van der Waals surface area (Å²) in [4.78, 5) is 6.86. The number of hydrogen-bond acceptors (Lipinski definition) is 2. The lowest BCUT2D eigenvalue weighted by molar-refractivity contribution is 0.342. The van der Waals surface area contributed by atoms with Crippen LogP contribution in [0.1, 0.15) is 45.4 Å². The monoisotopic (exact) mass is 420 g/mol. The van der Waals surface area contributed by atoms with E-state index in [4.69, 9.17) is 0 Å². The van der Waals surface area contributed by atoms with Crippen molar-refractivity contribution in [2.45, 2.75) is 45.4 Å². The minimum Gasteiger partial charge on any atom is -0.356 e. The molecule has 22 heavy (non-hydrogen) atoms. The Morgan fingerprint density at radius 3 is 2.86 bits per heavy atom. The van der Waals surface area contributed by atoms with Gasteiger partial charge in [0.25, 0.3) is 0 Å². The maximum absolute atomic E-state index is 4.33. The standard InChI is InChI=1S/C17H32N4.HI/c1-3-21-12-10-16(14-21)13-20-17(18-2)19-11-9-15-7-5-4-6-8-15;/h7,16H,3-6,8-14H2,1-2H3,(H2,18,19,20);1H. The van der Waals surface area contributed by atoms with E-state index in [1.807, 2.05) is 7.05 Å². The van der Waals surface area contributed by atoms with E-state index in [-0.39, 0.29) is 24.0 Å². The fourth-order valence-corrected chi connectivity index (χ4v) is 3.30. The Morgan fingerprint density at radius 1 is 1.36 bits per heavy atom. The van der Waals surface area contributed by atoms with Crippen LogP contribution in [0.25, 0.3) is 0 Å². The van der Waals surface area contributed by atoms with Crippen LogP contribution in [0.3, 0.4) is 0 Å². The lowest BCUT2D eigenvalue weighted by Crippen LogP contribution is -2.40. The number of allylic oxidation sites excluding steroid dienone is 1. The lowest BCUT2D eigenvalue weighted by Gasteiger charge is -2.17. The zero-order chi connectivity index (χ0) is 14.9. The van der Waals surface area contributed by atoms with Crippen LogP contribution in [-0.4, -0.2) is 50.6 Å². The van der Waals surface area contributed by atoms with Crippen molar-refractivity contribution in [1.82, 2.24) is 15.5 Å². The summed E-state index contributed by atoms with van der Waals surface area (Å²) >= 11 is 0. The van der Waals surface area contributed by atoms with Crippen molar-refractivity contribution in [1.29, 1.82) is 0 Å². The maximum Gasteiger partial charge on any atom is 0.190 e. The number of likely N-dealkylation sites (tertiary alicyclic amines) is 1. The van der Waals surface area contributed by atoms with Gasteiger partial charge in [-0.25, -0.2) is 0 Å². The van der Waals surface area contributed by atoms with Crippen LogP contribution in [-0.2, 0) is 0 Å². The van der Waals surface area contributed by atoms with Gasteiger partial charge < -0.3 is 15.5 Å². The number of nitrogens with zero attached hydrogens (tertiary/aromatic N) is 2. The molecule has 128 valence electrons. The highest BCUT2D eigenvalue weighted by Gasteiger charge is 2.20. The maximum atomic E-state index is 4.33. The molecule has 1 unspecified atom stereocenters. The first-order valence-electron chi connectivity index (χ1n) is 8.66. The van der Waals surface area contributed by atoms with Crippen molar-refractivity contribution >= 4 is 29.9 Å². The number of hydrogen-bond donors (Lipinski definition) is 2. The van der Waals surface area contributed by atoms with Crippen molar-refractivity contribution in [3.05, 3.63) is 11.6 Å². The molecule has 0 saturated carbocycles. The number of aliphatic imine (C=N–C) groups is 1. The van der Waals surface area contributed by atoms with Crippen molar-refractivity contribution in [2.75, 3.05) is 39.8 Å². The average molecular weight is 420 g/mol. The van der Waals surface area contributed by atoms with Crippen LogP contribution in [0.5, 0.6) is 0 Å². The molecular weight excluding hydrogens is 387 g/mol. The van der Waals surface area contributed by atoms with Gasteiger partial charge >= 0.3 is 0 Å². The normalized spacial score (nSPS) is 22.9. The van der Waals surface area contributed by atoms with Crippen LogP contribution < -0.4 is 10.6 Å². The molecule has 0 aromatic carbocycles. The van der Waals surface area contributed by atoms with Gasteiger partial charge in [0.1, 0.15) is 0 Å². The summed E-state index contributed by atoms with van der Waals surface area (Å²) in [6, 6.07) is 0. The lowest BCUT2D eigenvalue weighted by atomic mass is 9.97. The van der Waals surface area contributed by atoms with E-state index < -0.39 is 0 Å². The van der Waals surface area contributed by atoms with Gasteiger partial charge in [-0.15, -0.1) is 24.0 Å². The molecule has 1 aliphatic carbocycles. The number of rotatable bonds is 6. The molecule has 1 heterocycles. The molecule has 0 spiro atoms. The van der Waals surface area contributed by atoms with Gasteiger partial charge in [-0.05, 0) is 57.5 Å². The zero-order valence-corrected chi connectivity index (χ0v) is 16.6. The second-order valence-electron chi connectivity index (χ2n) is 6.29. The Labute approximate surface area is 153 Å². The minimum atomic E-state index is 0. The fourth-order valence-electron chi connectivity index (χ4n) is 3.30. The molecule has 2 aliphatic rings. The molecule has 5 heteroatoms. The molecule has 2 N–H and O–H groups in total. The summed E-state index contributed by atoms with van der Waals surface area (Å²) < 4.78 is 0. The predicted molar refractivity (Wildman–Crippen MR) is 106 cm³/mol. The topological polar surface area (TPSA) is 39.7 Å². The van der Waals surface area contributed by atoms with Gasteiger partial charge in [0.05, 0.1) is 0 Å². The Hall–Kier alpha value is -0.300. The van der Waals surface area contributed by atoms with E-state index >= 15 is 0 Å². The number of nitrogens with one attached hydrogen (secondary N) is 2. The van der Waals surface area contributed by atoms with E-state index in [1.165, 1.54) is 51.7 Å². The predicted octanol–water partition coefficient (Wildman–Crippen LogP) is 3.00. The molecule has 1 atom stereocenters. The summed E-state index contributed by atoms with van der Waals surface area (Å²) in [7, 11) is 1.86. The van der Waals surface area contributed by atoms with Gasteiger partial charge in [-0.2, -0.15) is 0 Å². The first kappa shape index (κ1) is 19.7. The van der Waals surface area contributed by atoms with Crippen molar-refractivity contribution in [2.24, 2.45) is 10.9 Å². The molecule has 2 rings (SSSR count). The van der Waals surface area contributed by atoms with Crippen LogP contribution in [0.15, 0.2) is 16.6 Å². The summed E-state index contributed by atoms with van der Waals surface area (Å²) in [5, 5.41) is 6.94. The SMILES string of the molecule is CCN1CCC(CNC(=NC)NCCC2=CCCCC2)C1.I. The Bertz CT molecular complexity index is 368. The summed E-state index contributed by atoms with van der Waals surface area (Å²) in [6.45, 7) is 7.95. The molecule has 1 fully saturated rings. The smallest absolute Gasteiger partial charge is 0.190 e. The van der Waals surface area contributed by atoms with E-state index in [2.05, 4.69) is 33.5 Å². The zero-order valence-electron chi connectivity index (χ0n) is 14.2. The third-order valence-corrected chi connectivity index (χ3v) is 4.72. The van der Waals surface area contributed by atoms with E-state index in [1.54, 1.807) is 5.57 Å². The fraction of sp³-hybridized carbons (Fsp3) is 0.824. The molecule has 0 bridgehead atoms. The molecular formula is C17H33IN4. The van der Waals surface area contributed by atoms with Gasteiger partial charge in [-0.3, -0.25) is 4.99 Å². The summed E-state index contributed by atoms with van der Waals surface area (Å²) in [5.74, 6) is 1.73. The highest BCUT2D eigenvalue weighted by atomic mass is 127. The Morgan fingerprint density at radius 2 is 2.23 bits per heavy atom. The van der Waals surface area contributed by atoms with E-state index in [0.29, 0.717) is 0 Å². The van der Waals surface area contributed by atoms with Crippen LogP contribution >= 0.6 is 24.0 Å². The molecule has 0 radical (unpaired) electrons. The third kappa shape index (κ3) is 6.86. The van der Waals surface area contributed by atoms with Gasteiger partial charge in [-0.1, -0.05) is 18.6 Å². The Kier molecular flexibility index (Phi) is 10.1. The number of guanidine groups is 1. The molecule has 0 aromatic heterocycles. The second-order valence-corrected chi connectivity index (χ2v) is 6.29. The van der Waals surface area contributed by atoms with Gasteiger partial charge in [0.15, 0.2) is 5.96 Å². The van der Waals surface area contributed by atoms with Crippen LogP contribution in [0.2, 0.25) is 0 Å². The second kappa shape index (κ2) is 11.3. The molecule has 1 saturated heterocycles. The highest BCUT2D eigenvalue weighted by molar-refractivity contribution is 14.0. The van der Waals surface area contributed by atoms with Crippen LogP contribution in [0, 0.1) is 5.92 Å². The largest absolute Gasteiger partial charge is 0.356 e. The molecule has 4 nitrogen and oxygen atoms in total. The van der Waals surface area contributed by atoms with E-state index in [0.717, 1.165) is 31.4 Å². The van der Waals surface area contributed by atoms with Crippen molar-refractivity contribution in [3.63, 3.8) is 0 Å². The number of halogens is 1. The van der Waals surface area contributed by atoms with Gasteiger partial charge in [0, 0.05) is 26.7 Å². The van der Waals surface area contributed by atoms with Crippen LogP contribution in [0.4, 0.5) is 0 Å². The summed E-state index contributed by atoms with van der Waals surface area (Å²) in [5.41, 5.74) is 1.62. The third-order valence-electron chi connectivity index (χ3n) is 4.72. The average Bonchev–Trinajstić information content (AvgIpc) is 3.00. The first-order valence-corrected chi connectivity index (χ1v) is 8.66. The summed E-state index contributed by atoms with van der Waals surface area (Å²) in [6.07, 6.45) is 10.2. The molecule has 0 amide bonds. The molecule has 1 aliphatic heterocycles.